The van der Waals surface area contributed by atoms with Gasteiger partial charge in [0.1, 0.15) is 5.69 Å². The average Bonchev–Trinajstić information content (AvgIpc) is 3.11. The monoisotopic (exact) mass is 431 g/mol. The highest BCUT2D eigenvalue weighted by atomic mass is 79.9. The maximum Gasteiger partial charge on any atom is 0.167 e. The van der Waals surface area contributed by atoms with Gasteiger partial charge in [0.25, 0.3) is 0 Å². The van der Waals surface area contributed by atoms with Crippen LogP contribution in [0.25, 0.3) is 22.6 Å². The smallest absolute Gasteiger partial charge is 0.167 e. The molecule has 0 amide bonds. The molecule has 0 aliphatic carbocycles. The summed E-state index contributed by atoms with van der Waals surface area (Å²) in [5.41, 5.74) is 4.42. The van der Waals surface area contributed by atoms with Crippen molar-refractivity contribution < 1.29 is 4.52 Å². The molecule has 0 atom stereocenters. The van der Waals surface area contributed by atoms with Gasteiger partial charge in [0.2, 0.25) is 0 Å². The topological polar surface area (TPSA) is 41.6 Å². The Morgan fingerprint density at radius 2 is 2.00 bits per heavy atom. The largest absolute Gasteiger partial charge is 0.366 e. The Morgan fingerprint density at radius 3 is 2.73 bits per heavy atom. The number of aryl methyl sites for hydroxylation is 1. The van der Waals surface area contributed by atoms with E-state index in [4.69, 9.17) is 16.1 Å². The SMILES string of the molecule is CCN(C)C=Nc1cc(C)c(-c2cc(-c3ccccc3Br)no2)cc1Cl. The van der Waals surface area contributed by atoms with Crippen LogP contribution in [0.4, 0.5) is 5.69 Å². The van der Waals surface area contributed by atoms with E-state index in [2.05, 4.69) is 33.0 Å². The molecule has 0 radical (unpaired) electrons. The average molecular weight is 433 g/mol. The number of rotatable bonds is 5. The molecule has 0 saturated carbocycles. The predicted octanol–water partition coefficient (Wildman–Crippen LogP) is 6.34. The standard InChI is InChI=1S/C20H19BrClN3O/c1-4-25(3)12-23-19-9-13(2)15(10-17(19)22)20-11-18(24-26-20)14-7-5-6-8-16(14)21/h5-12H,4H2,1-3H3. The van der Waals surface area contributed by atoms with Crippen LogP contribution in [0.15, 0.2) is 56.5 Å². The quantitative estimate of drug-likeness (QED) is 0.349. The lowest BCUT2D eigenvalue weighted by molar-refractivity contribution is 0.434. The van der Waals surface area contributed by atoms with Crippen LogP contribution in [-0.4, -0.2) is 30.0 Å². The van der Waals surface area contributed by atoms with Crippen molar-refractivity contribution in [3.05, 3.63) is 57.5 Å². The molecule has 3 rings (SSSR count). The van der Waals surface area contributed by atoms with Gasteiger partial charge in [-0.25, -0.2) is 4.99 Å². The molecule has 1 heterocycles. The van der Waals surface area contributed by atoms with Gasteiger partial charge in [-0.15, -0.1) is 0 Å². The number of nitrogens with zero attached hydrogens (tertiary/aromatic N) is 3. The molecule has 1 aromatic heterocycles. The zero-order valence-electron chi connectivity index (χ0n) is 14.8. The summed E-state index contributed by atoms with van der Waals surface area (Å²) in [7, 11) is 1.97. The molecule has 0 bridgehead atoms. The molecule has 0 aliphatic rings. The molecular weight excluding hydrogens is 414 g/mol. The minimum atomic E-state index is 0.574. The first-order chi connectivity index (χ1) is 12.5. The van der Waals surface area contributed by atoms with E-state index >= 15 is 0 Å². The van der Waals surface area contributed by atoms with Gasteiger partial charge < -0.3 is 9.42 Å². The molecule has 0 fully saturated rings. The number of halogens is 2. The van der Waals surface area contributed by atoms with E-state index in [0.717, 1.165) is 39.1 Å². The van der Waals surface area contributed by atoms with Gasteiger partial charge >= 0.3 is 0 Å². The zero-order chi connectivity index (χ0) is 18.7. The minimum Gasteiger partial charge on any atom is -0.366 e. The summed E-state index contributed by atoms with van der Waals surface area (Å²) >= 11 is 9.97. The van der Waals surface area contributed by atoms with E-state index in [-0.39, 0.29) is 0 Å². The van der Waals surface area contributed by atoms with E-state index in [9.17, 15) is 0 Å². The van der Waals surface area contributed by atoms with Crippen LogP contribution in [0.2, 0.25) is 5.02 Å². The summed E-state index contributed by atoms with van der Waals surface area (Å²) in [5.74, 6) is 0.677. The first kappa shape index (κ1) is 18.7. The molecule has 0 saturated heterocycles. The summed E-state index contributed by atoms with van der Waals surface area (Å²) in [6.07, 6.45) is 1.78. The first-order valence-electron chi connectivity index (χ1n) is 8.26. The summed E-state index contributed by atoms with van der Waals surface area (Å²) in [5, 5.41) is 4.78. The Labute approximate surface area is 166 Å². The molecule has 134 valence electrons. The van der Waals surface area contributed by atoms with Crippen LogP contribution in [0.1, 0.15) is 12.5 Å². The van der Waals surface area contributed by atoms with Crippen molar-refractivity contribution in [3.63, 3.8) is 0 Å². The fraction of sp³-hybridized carbons (Fsp3) is 0.200. The zero-order valence-corrected chi connectivity index (χ0v) is 17.2. The van der Waals surface area contributed by atoms with Crippen LogP contribution in [0.5, 0.6) is 0 Å². The van der Waals surface area contributed by atoms with Gasteiger partial charge in [-0.1, -0.05) is 50.9 Å². The number of aromatic nitrogens is 1. The normalized spacial score (nSPS) is 11.3. The van der Waals surface area contributed by atoms with E-state index in [1.165, 1.54) is 0 Å². The van der Waals surface area contributed by atoms with Crippen LogP contribution >= 0.6 is 27.5 Å². The second-order valence-corrected chi connectivity index (χ2v) is 7.25. The second kappa shape index (κ2) is 8.06. The second-order valence-electron chi connectivity index (χ2n) is 5.99. The summed E-state index contributed by atoms with van der Waals surface area (Å²) in [6, 6.07) is 13.7. The van der Waals surface area contributed by atoms with Gasteiger partial charge in [0.05, 0.1) is 17.0 Å². The number of aliphatic imine (C=N–C) groups is 1. The molecule has 6 heteroatoms. The lowest BCUT2D eigenvalue weighted by atomic mass is 10.0. The van der Waals surface area contributed by atoms with Crippen molar-refractivity contribution in [2.45, 2.75) is 13.8 Å². The Morgan fingerprint density at radius 1 is 1.23 bits per heavy atom. The fourth-order valence-corrected chi connectivity index (χ4v) is 3.17. The molecule has 0 spiro atoms. The first-order valence-corrected chi connectivity index (χ1v) is 9.43. The minimum absolute atomic E-state index is 0.574. The number of hydrogen-bond donors (Lipinski definition) is 0. The molecule has 4 nitrogen and oxygen atoms in total. The third-order valence-electron chi connectivity index (χ3n) is 4.11. The van der Waals surface area contributed by atoms with Gasteiger partial charge in [-0.3, -0.25) is 0 Å². The van der Waals surface area contributed by atoms with Crippen molar-refractivity contribution in [2.75, 3.05) is 13.6 Å². The highest BCUT2D eigenvalue weighted by Gasteiger charge is 2.14. The Balaban J connectivity index is 1.95. The molecule has 3 aromatic rings. The summed E-state index contributed by atoms with van der Waals surface area (Å²) in [6.45, 7) is 4.96. The molecule has 0 aliphatic heterocycles. The summed E-state index contributed by atoms with van der Waals surface area (Å²) in [4.78, 5) is 6.44. The van der Waals surface area contributed by atoms with Crippen molar-refractivity contribution in [1.82, 2.24) is 10.1 Å². The van der Waals surface area contributed by atoms with E-state index in [0.29, 0.717) is 10.8 Å². The van der Waals surface area contributed by atoms with E-state index in [1.54, 1.807) is 6.34 Å². The molecular formula is C20H19BrClN3O. The van der Waals surface area contributed by atoms with Gasteiger partial charge in [0.15, 0.2) is 5.76 Å². The van der Waals surface area contributed by atoms with Crippen LogP contribution < -0.4 is 0 Å². The lowest BCUT2D eigenvalue weighted by Gasteiger charge is -2.10. The third kappa shape index (κ3) is 4.00. The molecule has 26 heavy (non-hydrogen) atoms. The van der Waals surface area contributed by atoms with Crippen LogP contribution in [0, 0.1) is 6.92 Å². The van der Waals surface area contributed by atoms with Crippen molar-refractivity contribution >= 4 is 39.6 Å². The lowest BCUT2D eigenvalue weighted by Crippen LogP contribution is -2.14. The molecule has 0 N–H and O–H groups in total. The van der Waals surface area contributed by atoms with Gasteiger partial charge in [-0.05, 0) is 37.6 Å². The Hall–Kier alpha value is -2.11. The third-order valence-corrected chi connectivity index (χ3v) is 5.11. The van der Waals surface area contributed by atoms with Crippen molar-refractivity contribution in [1.29, 1.82) is 0 Å². The van der Waals surface area contributed by atoms with E-state index in [1.807, 2.05) is 61.3 Å². The summed E-state index contributed by atoms with van der Waals surface area (Å²) < 4.78 is 6.55. The van der Waals surface area contributed by atoms with Crippen LogP contribution in [0.3, 0.4) is 0 Å². The molecule has 0 unspecified atom stereocenters. The fourth-order valence-electron chi connectivity index (χ4n) is 2.47. The maximum atomic E-state index is 6.43. The highest BCUT2D eigenvalue weighted by molar-refractivity contribution is 9.10. The maximum absolute atomic E-state index is 6.43. The number of hydrogen-bond acceptors (Lipinski definition) is 3. The van der Waals surface area contributed by atoms with E-state index < -0.39 is 0 Å². The predicted molar refractivity (Wildman–Crippen MR) is 111 cm³/mol. The van der Waals surface area contributed by atoms with Gasteiger partial charge in [0, 0.05) is 35.3 Å². The van der Waals surface area contributed by atoms with Crippen molar-refractivity contribution in [2.24, 2.45) is 4.99 Å². The van der Waals surface area contributed by atoms with Crippen LogP contribution in [-0.2, 0) is 0 Å². The Bertz CT molecular complexity index is 952. The van der Waals surface area contributed by atoms with Gasteiger partial charge in [-0.2, -0.15) is 0 Å². The van der Waals surface area contributed by atoms with Crippen molar-refractivity contribution in [3.8, 4) is 22.6 Å². The Kier molecular flexibility index (Phi) is 5.79. The molecule has 2 aromatic carbocycles. The number of benzene rings is 2. The highest BCUT2D eigenvalue weighted by Crippen LogP contribution is 2.36.